The number of ether oxygens (including phenoxy) is 2. The van der Waals surface area contributed by atoms with Crippen molar-refractivity contribution in [1.29, 1.82) is 0 Å². The Balaban J connectivity index is 1.36. The third-order valence-corrected chi connectivity index (χ3v) is 5.14. The Labute approximate surface area is 191 Å². The molecule has 178 valence electrons. The number of nitrogens with one attached hydrogen (secondary N) is 2. The molecule has 4 rings (SSSR count). The number of hydrogen-bond acceptors (Lipinski definition) is 7. The van der Waals surface area contributed by atoms with E-state index in [0.29, 0.717) is 18.5 Å². The Bertz CT molecular complexity index is 1180. The highest BCUT2D eigenvalue weighted by Gasteiger charge is 2.51. The predicted molar refractivity (Wildman–Crippen MR) is 110 cm³/mol. The number of hydrogen-bond donors (Lipinski definition) is 2. The van der Waals surface area contributed by atoms with E-state index < -0.39 is 28.9 Å². The zero-order chi connectivity index (χ0) is 24.3. The largest absolute Gasteiger partial charge is 0.497 e. The van der Waals surface area contributed by atoms with Crippen molar-refractivity contribution in [3.63, 3.8) is 0 Å². The van der Waals surface area contributed by atoms with Crippen LogP contribution >= 0.6 is 0 Å². The van der Waals surface area contributed by atoms with E-state index in [2.05, 4.69) is 20.6 Å². The van der Waals surface area contributed by atoms with Crippen LogP contribution in [0.4, 0.5) is 13.2 Å². The Kier molecular flexibility index (Phi) is 6.14. The summed E-state index contributed by atoms with van der Waals surface area (Å²) >= 11 is 0. The van der Waals surface area contributed by atoms with Gasteiger partial charge < -0.3 is 24.5 Å². The highest BCUT2D eigenvalue weighted by Crippen LogP contribution is 2.40. The van der Waals surface area contributed by atoms with E-state index in [-0.39, 0.29) is 29.7 Å². The number of halogens is 3. The second kappa shape index (κ2) is 9.04. The highest BCUT2D eigenvalue weighted by atomic mass is 19.4. The molecular formula is C22H19F3N4O5. The SMILES string of the molecule is COc1ccc(Oc2ccc(CNC(=O)C3(NC(=O)c4cnco4)CC3)nc2)c(C(F)(F)F)c1. The van der Waals surface area contributed by atoms with E-state index in [4.69, 9.17) is 13.9 Å². The van der Waals surface area contributed by atoms with Gasteiger partial charge in [-0.2, -0.15) is 13.2 Å². The molecule has 34 heavy (non-hydrogen) atoms. The lowest BCUT2D eigenvalue weighted by Crippen LogP contribution is -2.48. The number of methoxy groups -OCH3 is 1. The van der Waals surface area contributed by atoms with Crippen LogP contribution in [0.15, 0.2) is 53.5 Å². The van der Waals surface area contributed by atoms with Crippen molar-refractivity contribution in [3.05, 3.63) is 66.1 Å². The summed E-state index contributed by atoms with van der Waals surface area (Å²) in [7, 11) is 1.27. The monoisotopic (exact) mass is 476 g/mol. The van der Waals surface area contributed by atoms with Gasteiger partial charge in [0.2, 0.25) is 11.7 Å². The molecule has 1 aliphatic rings. The van der Waals surface area contributed by atoms with Crippen molar-refractivity contribution in [2.45, 2.75) is 31.1 Å². The molecule has 1 aromatic carbocycles. The van der Waals surface area contributed by atoms with Crippen LogP contribution in [-0.2, 0) is 17.5 Å². The van der Waals surface area contributed by atoms with Crippen LogP contribution in [0.3, 0.4) is 0 Å². The molecule has 2 heterocycles. The zero-order valence-electron chi connectivity index (χ0n) is 17.8. The molecule has 0 bridgehead atoms. The van der Waals surface area contributed by atoms with Crippen LogP contribution < -0.4 is 20.1 Å². The molecule has 0 aliphatic heterocycles. The molecule has 1 aliphatic carbocycles. The summed E-state index contributed by atoms with van der Waals surface area (Å²) in [5.74, 6) is -1.17. The number of carbonyl (C=O) groups is 2. The molecular weight excluding hydrogens is 457 g/mol. The summed E-state index contributed by atoms with van der Waals surface area (Å²) in [6, 6.07) is 6.33. The van der Waals surface area contributed by atoms with Gasteiger partial charge in [0.1, 0.15) is 28.4 Å². The zero-order valence-corrected chi connectivity index (χ0v) is 17.8. The minimum atomic E-state index is -4.64. The molecule has 2 aromatic heterocycles. The van der Waals surface area contributed by atoms with Gasteiger partial charge in [-0.25, -0.2) is 4.98 Å². The van der Waals surface area contributed by atoms with Crippen LogP contribution in [0.1, 0.15) is 34.7 Å². The fourth-order valence-electron chi connectivity index (χ4n) is 3.13. The molecule has 9 nitrogen and oxygen atoms in total. The fraction of sp³-hybridized carbons (Fsp3) is 0.273. The molecule has 2 amide bonds. The Morgan fingerprint density at radius 3 is 2.50 bits per heavy atom. The normalized spacial score (nSPS) is 14.2. The molecule has 12 heteroatoms. The first-order valence-corrected chi connectivity index (χ1v) is 10.1. The number of benzene rings is 1. The van der Waals surface area contributed by atoms with Gasteiger partial charge in [-0.05, 0) is 43.2 Å². The summed E-state index contributed by atoms with van der Waals surface area (Å²) < 4.78 is 55.2. The minimum absolute atomic E-state index is 0.00173. The number of alkyl halides is 3. The van der Waals surface area contributed by atoms with Gasteiger partial charge in [0.05, 0.1) is 31.7 Å². The van der Waals surface area contributed by atoms with Crippen LogP contribution in [0, 0.1) is 0 Å². The summed E-state index contributed by atoms with van der Waals surface area (Å²) in [6.07, 6.45) is -0.0646. The van der Waals surface area contributed by atoms with Crippen molar-refractivity contribution in [2.75, 3.05) is 7.11 Å². The smallest absolute Gasteiger partial charge is 0.420 e. The van der Waals surface area contributed by atoms with Crippen LogP contribution in [0.5, 0.6) is 17.2 Å². The lowest BCUT2D eigenvalue weighted by molar-refractivity contribution is -0.138. The molecule has 3 aromatic rings. The lowest BCUT2D eigenvalue weighted by Gasteiger charge is -2.16. The van der Waals surface area contributed by atoms with E-state index >= 15 is 0 Å². The first-order chi connectivity index (χ1) is 16.2. The molecule has 0 spiro atoms. The van der Waals surface area contributed by atoms with Crippen molar-refractivity contribution in [2.24, 2.45) is 0 Å². The second-order valence-electron chi connectivity index (χ2n) is 7.53. The van der Waals surface area contributed by atoms with Gasteiger partial charge in [-0.3, -0.25) is 14.6 Å². The van der Waals surface area contributed by atoms with Gasteiger partial charge in [0, 0.05) is 0 Å². The van der Waals surface area contributed by atoms with Crippen molar-refractivity contribution < 1.29 is 36.7 Å². The predicted octanol–water partition coefficient (Wildman–Crippen LogP) is 3.47. The van der Waals surface area contributed by atoms with Crippen LogP contribution in [0.2, 0.25) is 0 Å². The molecule has 1 saturated carbocycles. The number of pyridine rings is 1. The maximum Gasteiger partial charge on any atom is 0.420 e. The maximum absolute atomic E-state index is 13.3. The number of carbonyl (C=O) groups excluding carboxylic acids is 2. The van der Waals surface area contributed by atoms with Gasteiger partial charge in [0.25, 0.3) is 5.91 Å². The maximum atomic E-state index is 13.3. The van der Waals surface area contributed by atoms with Crippen LogP contribution in [-0.4, -0.2) is 34.4 Å². The Hall–Kier alpha value is -4.09. The summed E-state index contributed by atoms with van der Waals surface area (Å²) in [4.78, 5) is 32.5. The lowest BCUT2D eigenvalue weighted by atomic mass is 10.2. The van der Waals surface area contributed by atoms with Crippen molar-refractivity contribution in [3.8, 4) is 17.2 Å². The minimum Gasteiger partial charge on any atom is -0.497 e. The van der Waals surface area contributed by atoms with E-state index in [1.165, 1.54) is 37.7 Å². The number of nitrogens with zero attached hydrogens (tertiary/aromatic N) is 2. The Morgan fingerprint density at radius 1 is 1.15 bits per heavy atom. The number of oxazole rings is 1. The van der Waals surface area contributed by atoms with E-state index in [0.717, 1.165) is 18.5 Å². The van der Waals surface area contributed by atoms with Gasteiger partial charge in [-0.15, -0.1) is 0 Å². The first-order valence-electron chi connectivity index (χ1n) is 10.1. The third-order valence-electron chi connectivity index (χ3n) is 5.14. The Morgan fingerprint density at radius 2 is 1.91 bits per heavy atom. The van der Waals surface area contributed by atoms with Crippen molar-refractivity contribution >= 4 is 11.8 Å². The molecule has 0 unspecified atom stereocenters. The summed E-state index contributed by atoms with van der Waals surface area (Å²) in [6.45, 7) is 0.0510. The number of rotatable bonds is 8. The number of amides is 2. The van der Waals surface area contributed by atoms with Gasteiger partial charge in [0.15, 0.2) is 6.39 Å². The van der Waals surface area contributed by atoms with Gasteiger partial charge in [-0.1, -0.05) is 0 Å². The molecule has 1 fully saturated rings. The topological polar surface area (TPSA) is 116 Å². The quantitative estimate of drug-likeness (QED) is 0.512. The van der Waals surface area contributed by atoms with E-state index in [9.17, 15) is 22.8 Å². The third kappa shape index (κ3) is 5.11. The summed E-state index contributed by atoms with van der Waals surface area (Å²) in [5.41, 5.74) is -1.55. The van der Waals surface area contributed by atoms with Gasteiger partial charge >= 0.3 is 6.18 Å². The fourth-order valence-corrected chi connectivity index (χ4v) is 3.13. The van der Waals surface area contributed by atoms with Crippen molar-refractivity contribution in [1.82, 2.24) is 20.6 Å². The number of aromatic nitrogens is 2. The van der Waals surface area contributed by atoms with E-state index in [1.807, 2.05) is 0 Å². The summed E-state index contributed by atoms with van der Waals surface area (Å²) in [5, 5.41) is 5.34. The average Bonchev–Trinajstić information content (AvgIpc) is 3.38. The van der Waals surface area contributed by atoms with Crippen LogP contribution in [0.25, 0.3) is 0 Å². The average molecular weight is 476 g/mol. The first kappa shape index (κ1) is 23.1. The highest BCUT2D eigenvalue weighted by molar-refractivity contribution is 5.99. The molecule has 0 atom stereocenters. The molecule has 2 N–H and O–H groups in total. The molecule has 0 radical (unpaired) electrons. The van der Waals surface area contributed by atoms with E-state index in [1.54, 1.807) is 0 Å². The second-order valence-corrected chi connectivity index (χ2v) is 7.53. The molecule has 0 saturated heterocycles. The standard InChI is InChI=1S/C22H19F3N4O5/c1-32-14-4-5-17(16(8-14)22(23,24)25)34-15-3-2-13(27-10-15)9-28-20(31)21(6-7-21)29-19(30)18-11-26-12-33-18/h2-5,8,10-12H,6-7,9H2,1H3,(H,28,31)(H,29,30).